The van der Waals surface area contributed by atoms with Crippen LogP contribution in [0, 0.1) is 5.82 Å². The molecule has 3 aromatic heterocycles. The molecule has 6 nitrogen and oxygen atoms in total. The van der Waals surface area contributed by atoms with E-state index in [0.717, 1.165) is 18.7 Å². The van der Waals surface area contributed by atoms with Crippen molar-refractivity contribution in [2.75, 3.05) is 0 Å². The standard InChI is InChI=1S/C20H15ClFN5OS/c21-16-10-17(24-18(23-16)12-7-8-12)29-20-26-25-19(14-5-1-2-6-15(14)22)27(20)11-13-4-3-9-28-13/h1-6,9-10,12H,7-8,11H2. The van der Waals surface area contributed by atoms with Crippen molar-refractivity contribution in [3.63, 3.8) is 0 Å². The molecule has 5 rings (SSSR count). The molecule has 0 radical (unpaired) electrons. The zero-order valence-electron chi connectivity index (χ0n) is 15.1. The minimum absolute atomic E-state index is 0.361. The van der Waals surface area contributed by atoms with Crippen molar-refractivity contribution in [2.45, 2.75) is 35.5 Å². The van der Waals surface area contributed by atoms with Crippen molar-refractivity contribution >= 4 is 23.4 Å². The van der Waals surface area contributed by atoms with E-state index in [-0.39, 0.29) is 5.82 Å². The lowest BCUT2D eigenvalue weighted by Gasteiger charge is -2.09. The number of aromatic nitrogens is 5. The van der Waals surface area contributed by atoms with Crippen molar-refractivity contribution in [3.8, 4) is 11.4 Å². The maximum absolute atomic E-state index is 14.4. The Balaban J connectivity index is 1.55. The van der Waals surface area contributed by atoms with Gasteiger partial charge in [-0.25, -0.2) is 14.4 Å². The average molecular weight is 428 g/mol. The Morgan fingerprint density at radius 3 is 2.76 bits per heavy atom. The molecule has 0 unspecified atom stereocenters. The first kappa shape index (κ1) is 18.3. The first-order valence-corrected chi connectivity index (χ1v) is 10.3. The monoisotopic (exact) mass is 427 g/mol. The van der Waals surface area contributed by atoms with Crippen LogP contribution in [0.25, 0.3) is 11.4 Å². The molecule has 1 saturated carbocycles. The summed E-state index contributed by atoms with van der Waals surface area (Å²) in [6, 6.07) is 11.9. The summed E-state index contributed by atoms with van der Waals surface area (Å²) in [5, 5.41) is 10.2. The van der Waals surface area contributed by atoms with E-state index in [9.17, 15) is 4.39 Å². The lowest BCUT2D eigenvalue weighted by atomic mass is 10.2. The first-order chi connectivity index (χ1) is 14.2. The Morgan fingerprint density at radius 2 is 2.00 bits per heavy atom. The number of hydrogen-bond acceptors (Lipinski definition) is 6. The first-order valence-electron chi connectivity index (χ1n) is 9.10. The van der Waals surface area contributed by atoms with Gasteiger partial charge in [0.25, 0.3) is 0 Å². The molecule has 0 bridgehead atoms. The van der Waals surface area contributed by atoms with Crippen LogP contribution in [0.15, 0.2) is 63.3 Å². The van der Waals surface area contributed by atoms with Gasteiger partial charge < -0.3 is 4.42 Å². The van der Waals surface area contributed by atoms with Gasteiger partial charge in [-0.3, -0.25) is 4.57 Å². The quantitative estimate of drug-likeness (QED) is 0.394. The Bertz CT molecular complexity index is 1160. The average Bonchev–Trinajstić information content (AvgIpc) is 3.31. The topological polar surface area (TPSA) is 69.6 Å². The molecule has 3 heterocycles. The summed E-state index contributed by atoms with van der Waals surface area (Å²) in [4.78, 5) is 8.94. The highest BCUT2D eigenvalue weighted by Gasteiger charge is 2.28. The fraction of sp³-hybridized carbons (Fsp3) is 0.200. The van der Waals surface area contributed by atoms with Gasteiger partial charge in [0.05, 0.1) is 18.4 Å². The van der Waals surface area contributed by atoms with Crippen LogP contribution in [0.1, 0.15) is 30.3 Å². The summed E-state index contributed by atoms with van der Waals surface area (Å²) in [7, 11) is 0. The molecule has 0 atom stereocenters. The third kappa shape index (κ3) is 3.90. The third-order valence-electron chi connectivity index (χ3n) is 4.55. The van der Waals surface area contributed by atoms with Crippen LogP contribution in [0.3, 0.4) is 0 Å². The van der Waals surface area contributed by atoms with Gasteiger partial charge >= 0.3 is 0 Å². The van der Waals surface area contributed by atoms with Crippen molar-refractivity contribution in [1.29, 1.82) is 0 Å². The van der Waals surface area contributed by atoms with Crippen molar-refractivity contribution in [3.05, 3.63) is 71.3 Å². The minimum Gasteiger partial charge on any atom is -0.467 e. The van der Waals surface area contributed by atoms with Crippen molar-refractivity contribution in [1.82, 2.24) is 24.7 Å². The summed E-state index contributed by atoms with van der Waals surface area (Å²) in [5.41, 5.74) is 0.373. The summed E-state index contributed by atoms with van der Waals surface area (Å²) in [6.07, 6.45) is 3.76. The molecule has 0 N–H and O–H groups in total. The minimum atomic E-state index is -0.363. The van der Waals surface area contributed by atoms with Gasteiger partial charge in [-0.05, 0) is 48.9 Å². The molecule has 4 aromatic rings. The molecule has 1 aliphatic carbocycles. The predicted molar refractivity (Wildman–Crippen MR) is 106 cm³/mol. The van der Waals surface area contributed by atoms with E-state index in [1.165, 1.54) is 17.8 Å². The number of furan rings is 1. The highest BCUT2D eigenvalue weighted by atomic mass is 35.5. The number of halogens is 2. The van der Waals surface area contributed by atoms with E-state index in [4.69, 9.17) is 16.0 Å². The Hall–Kier alpha value is -2.71. The summed E-state index contributed by atoms with van der Waals surface area (Å²) in [6.45, 7) is 0.361. The van der Waals surface area contributed by atoms with Gasteiger partial charge in [0.1, 0.15) is 27.6 Å². The van der Waals surface area contributed by atoms with Gasteiger partial charge in [0, 0.05) is 12.0 Å². The second-order valence-corrected chi connectivity index (χ2v) is 8.09. The molecule has 1 fully saturated rings. The van der Waals surface area contributed by atoms with Gasteiger partial charge in [0.15, 0.2) is 11.0 Å². The third-order valence-corrected chi connectivity index (χ3v) is 5.65. The summed E-state index contributed by atoms with van der Waals surface area (Å²) < 4.78 is 21.7. The molecular weight excluding hydrogens is 413 g/mol. The lowest BCUT2D eigenvalue weighted by molar-refractivity contribution is 0.485. The van der Waals surface area contributed by atoms with Gasteiger partial charge in [-0.15, -0.1) is 10.2 Å². The van der Waals surface area contributed by atoms with Crippen LogP contribution in [-0.2, 0) is 6.54 Å². The molecule has 0 aliphatic heterocycles. The summed E-state index contributed by atoms with van der Waals surface area (Å²) in [5.74, 6) is 1.90. The molecule has 9 heteroatoms. The second-order valence-electron chi connectivity index (χ2n) is 6.71. The van der Waals surface area contributed by atoms with E-state index in [0.29, 0.717) is 44.9 Å². The number of rotatable bonds is 6. The molecule has 1 aromatic carbocycles. The number of benzene rings is 1. The summed E-state index contributed by atoms with van der Waals surface area (Å²) >= 11 is 7.51. The maximum Gasteiger partial charge on any atom is 0.198 e. The van der Waals surface area contributed by atoms with Crippen LogP contribution in [0.5, 0.6) is 0 Å². The molecule has 0 saturated heterocycles. The van der Waals surface area contributed by atoms with Gasteiger partial charge in [0.2, 0.25) is 0 Å². The largest absolute Gasteiger partial charge is 0.467 e. The smallest absolute Gasteiger partial charge is 0.198 e. The molecule has 146 valence electrons. The normalized spacial score (nSPS) is 13.7. The van der Waals surface area contributed by atoms with Crippen LogP contribution >= 0.6 is 23.4 Å². The zero-order valence-corrected chi connectivity index (χ0v) is 16.7. The molecule has 1 aliphatic rings. The van der Waals surface area contributed by atoms with E-state index in [1.807, 2.05) is 10.6 Å². The SMILES string of the molecule is Fc1ccccc1-c1nnc(Sc2cc(Cl)nc(C3CC3)n2)n1Cc1ccco1. The Kier molecular flexibility index (Phi) is 4.81. The molecule has 0 amide bonds. The molecule has 0 spiro atoms. The number of hydrogen-bond donors (Lipinski definition) is 0. The van der Waals surface area contributed by atoms with E-state index < -0.39 is 0 Å². The van der Waals surface area contributed by atoms with E-state index in [1.54, 1.807) is 36.6 Å². The van der Waals surface area contributed by atoms with E-state index in [2.05, 4.69) is 20.2 Å². The Labute approximate surface area is 175 Å². The lowest BCUT2D eigenvalue weighted by Crippen LogP contribution is -2.04. The maximum atomic E-state index is 14.4. The predicted octanol–water partition coefficient (Wildman–Crippen LogP) is 5.20. The van der Waals surface area contributed by atoms with Gasteiger partial charge in [-0.2, -0.15) is 0 Å². The molecular formula is C20H15ClFN5OS. The van der Waals surface area contributed by atoms with Crippen LogP contribution in [-0.4, -0.2) is 24.7 Å². The fourth-order valence-electron chi connectivity index (χ4n) is 2.99. The zero-order chi connectivity index (χ0) is 19.8. The van der Waals surface area contributed by atoms with Crippen LogP contribution in [0.4, 0.5) is 4.39 Å². The van der Waals surface area contributed by atoms with Crippen LogP contribution in [0.2, 0.25) is 5.15 Å². The van der Waals surface area contributed by atoms with E-state index >= 15 is 0 Å². The van der Waals surface area contributed by atoms with Gasteiger partial charge in [-0.1, -0.05) is 23.7 Å². The van der Waals surface area contributed by atoms with Crippen molar-refractivity contribution in [2.24, 2.45) is 0 Å². The Morgan fingerprint density at radius 1 is 1.14 bits per heavy atom. The van der Waals surface area contributed by atoms with Crippen molar-refractivity contribution < 1.29 is 8.81 Å². The highest BCUT2D eigenvalue weighted by Crippen LogP contribution is 2.40. The fourth-order valence-corrected chi connectivity index (χ4v) is 4.08. The van der Waals surface area contributed by atoms with Crippen LogP contribution < -0.4 is 0 Å². The molecule has 29 heavy (non-hydrogen) atoms. The highest BCUT2D eigenvalue weighted by molar-refractivity contribution is 7.99. The number of nitrogens with zero attached hydrogens (tertiary/aromatic N) is 5. The second kappa shape index (κ2) is 7.61.